The van der Waals surface area contributed by atoms with Crippen LogP contribution in [0, 0.1) is 11.6 Å². The van der Waals surface area contributed by atoms with Gasteiger partial charge in [0.1, 0.15) is 11.6 Å². The van der Waals surface area contributed by atoms with Gasteiger partial charge in [0.15, 0.2) is 6.04 Å². The van der Waals surface area contributed by atoms with Gasteiger partial charge in [-0.15, -0.1) is 0 Å². The van der Waals surface area contributed by atoms with E-state index in [1.807, 2.05) is 0 Å². The summed E-state index contributed by atoms with van der Waals surface area (Å²) in [5, 5.41) is 12.0. The van der Waals surface area contributed by atoms with Gasteiger partial charge < -0.3 is 10.4 Å². The van der Waals surface area contributed by atoms with E-state index in [0.717, 1.165) is 6.07 Å². The SMILES string of the molecule is O=C(O)C(Nc1ccc(F)cc1)c1cc(F)ccc1Br. The molecule has 6 heteroatoms. The van der Waals surface area contributed by atoms with Gasteiger partial charge >= 0.3 is 5.97 Å². The molecule has 0 aliphatic rings. The molecule has 3 nitrogen and oxygen atoms in total. The minimum Gasteiger partial charge on any atom is -0.479 e. The lowest BCUT2D eigenvalue weighted by atomic mass is 10.1. The number of halogens is 3. The van der Waals surface area contributed by atoms with Crippen molar-refractivity contribution in [3.63, 3.8) is 0 Å². The van der Waals surface area contributed by atoms with Crippen molar-refractivity contribution < 1.29 is 18.7 Å². The van der Waals surface area contributed by atoms with Crippen LogP contribution in [0.1, 0.15) is 11.6 Å². The van der Waals surface area contributed by atoms with E-state index in [0.29, 0.717) is 10.2 Å². The highest BCUT2D eigenvalue weighted by atomic mass is 79.9. The normalized spacial score (nSPS) is 11.9. The van der Waals surface area contributed by atoms with Gasteiger partial charge in [-0.25, -0.2) is 13.6 Å². The van der Waals surface area contributed by atoms with Gasteiger partial charge in [0.2, 0.25) is 0 Å². The molecular weight excluding hydrogens is 332 g/mol. The standard InChI is InChI=1S/C14H10BrF2NO2/c15-12-6-3-9(17)7-11(12)13(14(19)20)18-10-4-1-8(16)2-5-10/h1-7,13,18H,(H,19,20). The average molecular weight is 342 g/mol. The molecule has 2 rings (SSSR count). The highest BCUT2D eigenvalue weighted by Gasteiger charge is 2.22. The lowest BCUT2D eigenvalue weighted by Crippen LogP contribution is -2.21. The predicted molar refractivity (Wildman–Crippen MR) is 74.5 cm³/mol. The fraction of sp³-hybridized carbons (Fsp3) is 0.0714. The summed E-state index contributed by atoms with van der Waals surface area (Å²) in [6.07, 6.45) is 0. The molecule has 0 bridgehead atoms. The number of hydrogen-bond donors (Lipinski definition) is 2. The average Bonchev–Trinajstić information content (AvgIpc) is 2.41. The molecular formula is C14H10BrF2NO2. The maximum absolute atomic E-state index is 13.3. The molecule has 0 aliphatic heterocycles. The van der Waals surface area contributed by atoms with Crippen molar-refractivity contribution in [2.24, 2.45) is 0 Å². The van der Waals surface area contributed by atoms with Crippen molar-refractivity contribution >= 4 is 27.6 Å². The van der Waals surface area contributed by atoms with Crippen LogP contribution in [0.4, 0.5) is 14.5 Å². The van der Waals surface area contributed by atoms with E-state index in [-0.39, 0.29) is 5.56 Å². The van der Waals surface area contributed by atoms with Crippen LogP contribution < -0.4 is 5.32 Å². The third-order valence-corrected chi connectivity index (χ3v) is 3.39. The van der Waals surface area contributed by atoms with E-state index < -0.39 is 23.6 Å². The molecule has 1 unspecified atom stereocenters. The smallest absolute Gasteiger partial charge is 0.330 e. The van der Waals surface area contributed by atoms with Gasteiger partial charge in [0.05, 0.1) is 0 Å². The van der Waals surface area contributed by atoms with Gasteiger partial charge in [-0.2, -0.15) is 0 Å². The number of carbonyl (C=O) groups is 1. The van der Waals surface area contributed by atoms with Gasteiger partial charge in [-0.05, 0) is 42.5 Å². The fourth-order valence-electron chi connectivity index (χ4n) is 1.72. The van der Waals surface area contributed by atoms with Crippen molar-refractivity contribution in [1.29, 1.82) is 0 Å². The lowest BCUT2D eigenvalue weighted by Gasteiger charge is -2.17. The number of benzene rings is 2. The molecule has 0 amide bonds. The fourth-order valence-corrected chi connectivity index (χ4v) is 2.20. The molecule has 0 aromatic heterocycles. The Kier molecular flexibility index (Phi) is 4.34. The van der Waals surface area contributed by atoms with Crippen LogP contribution in [0.15, 0.2) is 46.9 Å². The Balaban J connectivity index is 2.34. The molecule has 0 spiro atoms. The minimum absolute atomic E-state index is 0.252. The van der Waals surface area contributed by atoms with Gasteiger partial charge in [-0.1, -0.05) is 15.9 Å². The molecule has 104 valence electrons. The Morgan fingerprint density at radius 1 is 1.10 bits per heavy atom. The highest BCUT2D eigenvalue weighted by molar-refractivity contribution is 9.10. The van der Waals surface area contributed by atoms with Crippen LogP contribution in [-0.2, 0) is 4.79 Å². The van der Waals surface area contributed by atoms with Crippen molar-refractivity contribution in [2.45, 2.75) is 6.04 Å². The maximum Gasteiger partial charge on any atom is 0.330 e. The summed E-state index contributed by atoms with van der Waals surface area (Å²) < 4.78 is 26.6. The Bertz CT molecular complexity index is 632. The third kappa shape index (κ3) is 3.33. The number of carboxylic acid groups (broad SMARTS) is 1. The van der Waals surface area contributed by atoms with Crippen molar-refractivity contribution in [1.82, 2.24) is 0 Å². The number of carboxylic acids is 1. The van der Waals surface area contributed by atoms with E-state index in [2.05, 4.69) is 21.2 Å². The largest absolute Gasteiger partial charge is 0.479 e. The molecule has 0 heterocycles. The van der Waals surface area contributed by atoms with Gasteiger partial charge in [-0.3, -0.25) is 0 Å². The summed E-state index contributed by atoms with van der Waals surface area (Å²) >= 11 is 3.19. The van der Waals surface area contributed by atoms with Crippen LogP contribution in [0.5, 0.6) is 0 Å². The van der Waals surface area contributed by atoms with E-state index in [4.69, 9.17) is 0 Å². The van der Waals surface area contributed by atoms with Crippen molar-refractivity contribution in [3.8, 4) is 0 Å². The zero-order chi connectivity index (χ0) is 14.7. The van der Waals surface area contributed by atoms with Crippen LogP contribution in [-0.4, -0.2) is 11.1 Å². The number of hydrogen-bond acceptors (Lipinski definition) is 2. The zero-order valence-electron chi connectivity index (χ0n) is 10.1. The van der Waals surface area contributed by atoms with Crippen molar-refractivity contribution in [3.05, 3.63) is 64.1 Å². The monoisotopic (exact) mass is 341 g/mol. The van der Waals surface area contributed by atoms with Gasteiger partial charge in [0.25, 0.3) is 0 Å². The molecule has 0 saturated heterocycles. The number of rotatable bonds is 4. The first-order valence-corrected chi connectivity index (χ1v) is 6.46. The first-order chi connectivity index (χ1) is 9.47. The molecule has 0 aliphatic carbocycles. The summed E-state index contributed by atoms with van der Waals surface area (Å²) in [5.74, 6) is -2.12. The van der Waals surface area contributed by atoms with E-state index in [9.17, 15) is 18.7 Å². The second-order valence-electron chi connectivity index (χ2n) is 4.09. The quantitative estimate of drug-likeness (QED) is 0.884. The van der Waals surface area contributed by atoms with E-state index >= 15 is 0 Å². The number of anilines is 1. The molecule has 2 aromatic carbocycles. The summed E-state index contributed by atoms with van der Waals surface area (Å²) in [7, 11) is 0. The van der Waals surface area contributed by atoms with E-state index in [1.54, 1.807) is 0 Å². The molecule has 0 radical (unpaired) electrons. The van der Waals surface area contributed by atoms with E-state index in [1.165, 1.54) is 36.4 Å². The van der Waals surface area contributed by atoms with Crippen LogP contribution in [0.2, 0.25) is 0 Å². The molecule has 2 N–H and O–H groups in total. The predicted octanol–water partition coefficient (Wildman–Crippen LogP) is 3.97. The number of nitrogens with one attached hydrogen (secondary N) is 1. The minimum atomic E-state index is -1.17. The Hall–Kier alpha value is -1.95. The van der Waals surface area contributed by atoms with Crippen LogP contribution >= 0.6 is 15.9 Å². The Morgan fingerprint density at radius 2 is 1.70 bits per heavy atom. The number of aliphatic carboxylic acids is 1. The lowest BCUT2D eigenvalue weighted by molar-refractivity contribution is -0.138. The van der Waals surface area contributed by atoms with Crippen molar-refractivity contribution in [2.75, 3.05) is 5.32 Å². The molecule has 20 heavy (non-hydrogen) atoms. The molecule has 1 atom stereocenters. The Labute approximate surface area is 122 Å². The molecule has 0 saturated carbocycles. The molecule has 2 aromatic rings. The second-order valence-corrected chi connectivity index (χ2v) is 4.94. The first-order valence-electron chi connectivity index (χ1n) is 5.67. The summed E-state index contributed by atoms with van der Waals surface area (Å²) in [4.78, 5) is 11.4. The maximum atomic E-state index is 13.3. The Morgan fingerprint density at radius 3 is 2.30 bits per heavy atom. The third-order valence-electron chi connectivity index (χ3n) is 2.67. The first kappa shape index (κ1) is 14.5. The topological polar surface area (TPSA) is 49.3 Å². The highest BCUT2D eigenvalue weighted by Crippen LogP contribution is 2.27. The summed E-state index contributed by atoms with van der Waals surface area (Å²) in [5.41, 5.74) is 0.678. The summed E-state index contributed by atoms with van der Waals surface area (Å²) in [6.45, 7) is 0. The molecule has 0 fully saturated rings. The van der Waals surface area contributed by atoms with Crippen LogP contribution in [0.25, 0.3) is 0 Å². The zero-order valence-corrected chi connectivity index (χ0v) is 11.7. The summed E-state index contributed by atoms with van der Waals surface area (Å²) in [6, 6.07) is 7.91. The van der Waals surface area contributed by atoms with Gasteiger partial charge in [0, 0.05) is 15.7 Å². The second kappa shape index (κ2) is 6.00. The van der Waals surface area contributed by atoms with Crippen LogP contribution in [0.3, 0.4) is 0 Å².